The van der Waals surface area contributed by atoms with Gasteiger partial charge in [0.2, 0.25) is 0 Å². The Morgan fingerprint density at radius 3 is 2.76 bits per heavy atom. The molecule has 0 unspecified atom stereocenters. The summed E-state index contributed by atoms with van der Waals surface area (Å²) < 4.78 is 0. The van der Waals surface area contributed by atoms with Gasteiger partial charge in [-0.2, -0.15) is 0 Å². The summed E-state index contributed by atoms with van der Waals surface area (Å²) in [7, 11) is 2.00. The highest BCUT2D eigenvalue weighted by Crippen LogP contribution is 2.30. The minimum absolute atomic E-state index is 0.116. The van der Waals surface area contributed by atoms with Gasteiger partial charge in [-0.25, -0.2) is 0 Å². The molecule has 3 nitrogen and oxygen atoms in total. The number of hydrogen-bond donors (Lipinski definition) is 1. The van der Waals surface area contributed by atoms with E-state index in [4.69, 9.17) is 11.6 Å². The molecular weight excluding hydrogens is 238 g/mol. The largest absolute Gasteiger partial charge is 0.393 e. The highest BCUT2D eigenvalue weighted by atomic mass is 35.5. The van der Waals surface area contributed by atoms with Crippen LogP contribution in [-0.2, 0) is 0 Å². The van der Waals surface area contributed by atoms with Crippen molar-refractivity contribution in [2.75, 3.05) is 18.5 Å². The average Bonchev–Trinajstić information content (AvgIpc) is 2.26. The molecule has 0 saturated heterocycles. The molecule has 92 valence electrons. The van der Waals surface area contributed by atoms with E-state index in [2.05, 4.69) is 4.90 Å². The summed E-state index contributed by atoms with van der Waals surface area (Å²) in [6.45, 7) is 0.911. The van der Waals surface area contributed by atoms with Crippen molar-refractivity contribution in [3.05, 3.63) is 28.8 Å². The van der Waals surface area contributed by atoms with E-state index in [0.29, 0.717) is 16.5 Å². The Labute approximate surface area is 106 Å². The highest BCUT2D eigenvalue weighted by molar-refractivity contribution is 6.33. The highest BCUT2D eigenvalue weighted by Gasteiger charge is 2.28. The maximum absolute atomic E-state index is 10.7. The lowest BCUT2D eigenvalue weighted by atomic mass is 9.82. The number of carbonyl (C=O) groups excluding carboxylic acids is 1. The monoisotopic (exact) mass is 253 g/mol. The summed E-state index contributed by atoms with van der Waals surface area (Å²) in [4.78, 5) is 12.8. The maximum atomic E-state index is 10.7. The van der Waals surface area contributed by atoms with E-state index in [0.717, 1.165) is 31.4 Å². The summed E-state index contributed by atoms with van der Waals surface area (Å²) in [5.41, 5.74) is 1.52. The second kappa shape index (κ2) is 5.07. The fourth-order valence-electron chi connectivity index (χ4n) is 2.19. The zero-order valence-electron chi connectivity index (χ0n) is 9.77. The third kappa shape index (κ3) is 2.79. The number of aliphatic hydroxyl groups excluding tert-OH is 1. The van der Waals surface area contributed by atoms with Crippen molar-refractivity contribution in [3.8, 4) is 0 Å². The second-order valence-electron chi connectivity index (χ2n) is 4.70. The average molecular weight is 254 g/mol. The van der Waals surface area contributed by atoms with Crippen LogP contribution in [-0.4, -0.2) is 31.1 Å². The van der Waals surface area contributed by atoms with E-state index in [1.54, 1.807) is 12.1 Å². The summed E-state index contributed by atoms with van der Waals surface area (Å²) in [6, 6.07) is 5.43. The Balaban J connectivity index is 2.01. The summed E-state index contributed by atoms with van der Waals surface area (Å²) in [5, 5.41) is 9.72. The fourth-order valence-corrected chi connectivity index (χ4v) is 2.41. The van der Waals surface area contributed by atoms with Gasteiger partial charge in [-0.3, -0.25) is 4.79 Å². The number of aldehydes is 1. The van der Waals surface area contributed by atoms with Crippen LogP contribution in [0.2, 0.25) is 5.02 Å². The molecule has 0 spiro atoms. The van der Waals surface area contributed by atoms with Gasteiger partial charge in [-0.1, -0.05) is 11.6 Å². The molecule has 1 aromatic carbocycles. The first-order chi connectivity index (χ1) is 8.10. The van der Waals surface area contributed by atoms with Crippen LogP contribution in [0.3, 0.4) is 0 Å². The lowest BCUT2D eigenvalue weighted by molar-refractivity contribution is 0.0465. The van der Waals surface area contributed by atoms with Gasteiger partial charge in [0.25, 0.3) is 0 Å². The molecule has 2 rings (SSSR count). The normalized spacial score (nSPS) is 23.0. The number of rotatable bonds is 4. The summed E-state index contributed by atoms with van der Waals surface area (Å²) >= 11 is 5.98. The van der Waals surface area contributed by atoms with Crippen LogP contribution >= 0.6 is 11.6 Å². The van der Waals surface area contributed by atoms with E-state index in [-0.39, 0.29) is 6.10 Å². The number of halogens is 1. The predicted octanol–water partition coefficient (Wildman–Crippen LogP) is 2.36. The first-order valence-electron chi connectivity index (χ1n) is 5.74. The van der Waals surface area contributed by atoms with Crippen molar-refractivity contribution in [1.29, 1.82) is 0 Å². The van der Waals surface area contributed by atoms with Gasteiger partial charge in [-0.15, -0.1) is 0 Å². The quantitative estimate of drug-likeness (QED) is 0.838. The van der Waals surface area contributed by atoms with Crippen molar-refractivity contribution in [2.24, 2.45) is 5.92 Å². The standard InChI is InChI=1S/C13H16ClNO2/c1-15(7-9-4-12(17)5-9)11-3-2-10(8-16)13(14)6-11/h2-3,6,8-9,12,17H,4-5,7H2,1H3. The molecule has 4 heteroatoms. The molecule has 1 aromatic rings. The van der Waals surface area contributed by atoms with E-state index >= 15 is 0 Å². The van der Waals surface area contributed by atoms with Crippen molar-refractivity contribution >= 4 is 23.6 Å². The van der Waals surface area contributed by atoms with Crippen LogP contribution in [0.4, 0.5) is 5.69 Å². The van der Waals surface area contributed by atoms with E-state index in [1.165, 1.54) is 0 Å². The van der Waals surface area contributed by atoms with Crippen LogP contribution in [0.5, 0.6) is 0 Å². The molecule has 0 atom stereocenters. The molecular formula is C13H16ClNO2. The van der Waals surface area contributed by atoms with Crippen molar-refractivity contribution < 1.29 is 9.90 Å². The van der Waals surface area contributed by atoms with E-state index in [1.807, 2.05) is 13.1 Å². The third-order valence-corrected chi connectivity index (χ3v) is 3.62. The molecule has 0 amide bonds. The Bertz CT molecular complexity index is 416. The van der Waals surface area contributed by atoms with Gasteiger partial charge < -0.3 is 10.0 Å². The van der Waals surface area contributed by atoms with E-state index < -0.39 is 0 Å². The number of aliphatic hydroxyl groups is 1. The Hall–Kier alpha value is -1.06. The molecule has 0 aliphatic heterocycles. The van der Waals surface area contributed by atoms with Crippen LogP contribution in [0.1, 0.15) is 23.2 Å². The summed E-state index contributed by atoms with van der Waals surface area (Å²) in [6.07, 6.45) is 2.40. The van der Waals surface area contributed by atoms with Crippen LogP contribution in [0, 0.1) is 5.92 Å². The van der Waals surface area contributed by atoms with Gasteiger partial charge >= 0.3 is 0 Å². The zero-order valence-corrected chi connectivity index (χ0v) is 10.5. The Kier molecular flexibility index (Phi) is 3.69. The number of carbonyl (C=O) groups is 1. The number of nitrogens with zero attached hydrogens (tertiary/aromatic N) is 1. The Morgan fingerprint density at radius 2 is 2.24 bits per heavy atom. The molecule has 0 aromatic heterocycles. The van der Waals surface area contributed by atoms with Crippen molar-refractivity contribution in [1.82, 2.24) is 0 Å². The number of benzene rings is 1. The van der Waals surface area contributed by atoms with Crippen molar-refractivity contribution in [2.45, 2.75) is 18.9 Å². The molecule has 1 N–H and O–H groups in total. The van der Waals surface area contributed by atoms with Crippen LogP contribution < -0.4 is 4.90 Å². The Morgan fingerprint density at radius 1 is 1.53 bits per heavy atom. The van der Waals surface area contributed by atoms with Crippen LogP contribution in [0.25, 0.3) is 0 Å². The molecule has 1 fully saturated rings. The van der Waals surface area contributed by atoms with Gasteiger partial charge in [0.1, 0.15) is 0 Å². The predicted molar refractivity (Wildman–Crippen MR) is 68.8 cm³/mol. The minimum atomic E-state index is -0.116. The molecule has 0 radical (unpaired) electrons. The van der Waals surface area contributed by atoms with Gasteiger partial charge in [0, 0.05) is 24.8 Å². The maximum Gasteiger partial charge on any atom is 0.151 e. The molecule has 0 bridgehead atoms. The van der Waals surface area contributed by atoms with Crippen LogP contribution in [0.15, 0.2) is 18.2 Å². The van der Waals surface area contributed by atoms with Gasteiger partial charge in [0.05, 0.1) is 11.1 Å². The third-order valence-electron chi connectivity index (χ3n) is 3.29. The van der Waals surface area contributed by atoms with E-state index in [9.17, 15) is 9.90 Å². The zero-order chi connectivity index (χ0) is 12.4. The molecule has 1 aliphatic carbocycles. The fraction of sp³-hybridized carbons (Fsp3) is 0.462. The van der Waals surface area contributed by atoms with Gasteiger partial charge in [0.15, 0.2) is 6.29 Å². The molecule has 1 aliphatic rings. The first kappa shape index (κ1) is 12.4. The molecule has 0 heterocycles. The minimum Gasteiger partial charge on any atom is -0.393 e. The number of anilines is 1. The smallest absolute Gasteiger partial charge is 0.151 e. The molecule has 1 saturated carbocycles. The van der Waals surface area contributed by atoms with Gasteiger partial charge in [-0.05, 0) is 37.0 Å². The number of hydrogen-bond acceptors (Lipinski definition) is 3. The first-order valence-corrected chi connectivity index (χ1v) is 6.12. The SMILES string of the molecule is CN(CC1CC(O)C1)c1ccc(C=O)c(Cl)c1. The molecule has 17 heavy (non-hydrogen) atoms. The second-order valence-corrected chi connectivity index (χ2v) is 5.10. The topological polar surface area (TPSA) is 40.5 Å². The summed E-state index contributed by atoms with van der Waals surface area (Å²) in [5.74, 6) is 0.555. The van der Waals surface area contributed by atoms with Crippen molar-refractivity contribution in [3.63, 3.8) is 0 Å². The lowest BCUT2D eigenvalue weighted by Gasteiger charge is -2.35. The lowest BCUT2D eigenvalue weighted by Crippen LogP contribution is -2.37.